The Kier molecular flexibility index (Phi) is 11.3. The Labute approximate surface area is 250 Å². The van der Waals surface area contributed by atoms with E-state index in [1.165, 1.54) is 18.2 Å². The molecule has 0 atom stereocenters. The van der Waals surface area contributed by atoms with Crippen LogP contribution in [-0.2, 0) is 16.1 Å². The van der Waals surface area contributed by atoms with Gasteiger partial charge in [-0.25, -0.2) is 23.4 Å². The lowest BCUT2D eigenvalue weighted by Gasteiger charge is -2.28. The highest BCUT2D eigenvalue weighted by Crippen LogP contribution is 2.26. The smallest absolute Gasteiger partial charge is 0.485 e. The summed E-state index contributed by atoms with van der Waals surface area (Å²) in [6.07, 6.45) is -3.41. The first-order valence-corrected chi connectivity index (χ1v) is 13.3. The van der Waals surface area contributed by atoms with Crippen LogP contribution < -0.4 is 15.4 Å². The van der Waals surface area contributed by atoms with E-state index >= 15 is 0 Å². The number of rotatable bonds is 8. The Hall–Kier alpha value is -4.43. The number of alkyl halides is 3. The fourth-order valence-electron chi connectivity index (χ4n) is 3.77. The number of nitrogens with one attached hydrogen (secondary N) is 2. The first-order valence-electron chi connectivity index (χ1n) is 13.3. The number of fused-ring (bicyclic) bond motifs is 1. The molecule has 0 unspecified atom stereocenters. The molecule has 0 radical (unpaired) electrons. The van der Waals surface area contributed by atoms with Crippen molar-refractivity contribution in [1.82, 2.24) is 20.0 Å². The molecule has 0 bridgehead atoms. The first-order chi connectivity index (χ1) is 20.1. The van der Waals surface area contributed by atoms with Crippen LogP contribution >= 0.6 is 0 Å². The van der Waals surface area contributed by atoms with E-state index in [4.69, 9.17) is 19.4 Å². The predicted octanol–water partition coefficient (Wildman–Crippen LogP) is 5.86. The Morgan fingerprint density at radius 3 is 2.11 bits per heavy atom. The SMILES string of the molecule is Cc1cc(OCc2c(F)cccc2F)c2nc(C)c(C(=O)NCCC(C)(C)NC(=O)OC(C)(C)C)n2c1.O=C(O)C(F)(F)F. The maximum atomic E-state index is 14.0. The average molecular weight is 631 g/mol. The Morgan fingerprint density at radius 1 is 1.02 bits per heavy atom. The monoisotopic (exact) mass is 630 g/mol. The van der Waals surface area contributed by atoms with Crippen LogP contribution in [0.4, 0.5) is 26.7 Å². The lowest BCUT2D eigenvalue weighted by atomic mass is 10.0. The quantitative estimate of drug-likeness (QED) is 0.266. The number of carboxylic acids is 1. The highest BCUT2D eigenvalue weighted by molar-refractivity contribution is 5.95. The summed E-state index contributed by atoms with van der Waals surface area (Å²) in [6, 6.07) is 5.32. The maximum absolute atomic E-state index is 14.0. The van der Waals surface area contributed by atoms with Gasteiger partial charge in [-0.1, -0.05) is 6.07 Å². The molecule has 44 heavy (non-hydrogen) atoms. The van der Waals surface area contributed by atoms with Crippen LogP contribution in [0.1, 0.15) is 68.3 Å². The summed E-state index contributed by atoms with van der Waals surface area (Å²) in [5, 5.41) is 12.8. The zero-order valence-electron chi connectivity index (χ0n) is 25.3. The molecule has 0 aliphatic carbocycles. The number of benzene rings is 1. The van der Waals surface area contributed by atoms with Gasteiger partial charge in [0.2, 0.25) is 0 Å². The number of amides is 2. The molecule has 10 nitrogen and oxygen atoms in total. The standard InChI is InChI=1S/C27H34F2N4O4.C2HF3O2/c1-16-13-21(36-15-18-19(28)9-8-10-20(18)29)23-31-17(2)22(33(23)14-16)24(34)30-12-11-27(6,7)32-25(35)37-26(3,4)5;3-2(4,5)1(6)7/h8-10,13-14H,11-12,15H2,1-7H3,(H,30,34)(H,32,35);(H,6,7). The third-order valence-electron chi connectivity index (χ3n) is 5.76. The molecule has 0 aliphatic rings. The van der Waals surface area contributed by atoms with E-state index in [0.717, 1.165) is 5.56 Å². The van der Waals surface area contributed by atoms with Crippen molar-refractivity contribution in [2.24, 2.45) is 0 Å². The number of hydrogen-bond donors (Lipinski definition) is 3. The minimum Gasteiger partial charge on any atom is -0.485 e. The molecule has 2 amide bonds. The summed E-state index contributed by atoms with van der Waals surface area (Å²) in [4.78, 5) is 38.6. The molecule has 0 saturated heterocycles. The van der Waals surface area contributed by atoms with E-state index in [0.29, 0.717) is 29.2 Å². The number of carbonyl (C=O) groups excluding carboxylic acids is 2. The number of aromatic nitrogens is 2. The molecule has 0 saturated carbocycles. The van der Waals surface area contributed by atoms with E-state index in [9.17, 15) is 31.5 Å². The van der Waals surface area contributed by atoms with Crippen LogP contribution in [0.15, 0.2) is 30.5 Å². The fourth-order valence-corrected chi connectivity index (χ4v) is 3.77. The second-order valence-corrected chi connectivity index (χ2v) is 11.4. The topological polar surface area (TPSA) is 131 Å². The van der Waals surface area contributed by atoms with Gasteiger partial charge in [-0.15, -0.1) is 0 Å². The van der Waals surface area contributed by atoms with Gasteiger partial charge in [0.15, 0.2) is 11.4 Å². The number of alkyl carbamates (subject to hydrolysis) is 1. The maximum Gasteiger partial charge on any atom is 0.490 e. The van der Waals surface area contributed by atoms with E-state index in [-0.39, 0.29) is 24.6 Å². The number of halogens is 5. The van der Waals surface area contributed by atoms with Crippen molar-refractivity contribution in [3.05, 3.63) is 64.6 Å². The number of aryl methyl sites for hydroxylation is 2. The molecule has 15 heteroatoms. The van der Waals surface area contributed by atoms with Crippen LogP contribution in [-0.4, -0.2) is 56.3 Å². The third kappa shape index (κ3) is 10.4. The van der Waals surface area contributed by atoms with E-state index < -0.39 is 41.0 Å². The first kappa shape index (κ1) is 35.8. The van der Waals surface area contributed by atoms with Crippen molar-refractivity contribution in [2.45, 2.75) is 78.8 Å². The third-order valence-corrected chi connectivity index (χ3v) is 5.76. The van der Waals surface area contributed by atoms with E-state index in [2.05, 4.69) is 15.6 Å². The molecular formula is C29H35F5N4O6. The van der Waals surface area contributed by atoms with Crippen LogP contribution in [0.25, 0.3) is 5.65 Å². The van der Waals surface area contributed by atoms with Crippen molar-refractivity contribution in [2.75, 3.05) is 6.54 Å². The van der Waals surface area contributed by atoms with Crippen molar-refractivity contribution in [3.63, 3.8) is 0 Å². The molecule has 2 heterocycles. The number of carboxylic acid groups (broad SMARTS) is 1. The Balaban J connectivity index is 0.000000860. The number of ether oxygens (including phenoxy) is 2. The molecule has 3 rings (SSSR count). The van der Waals surface area contributed by atoms with Gasteiger partial charge in [-0.2, -0.15) is 13.2 Å². The van der Waals surface area contributed by atoms with Crippen molar-refractivity contribution < 1.29 is 50.9 Å². The van der Waals surface area contributed by atoms with E-state index in [1.54, 1.807) is 44.4 Å². The van der Waals surface area contributed by atoms with Gasteiger partial charge in [0.25, 0.3) is 5.91 Å². The lowest BCUT2D eigenvalue weighted by Crippen LogP contribution is -2.47. The highest BCUT2D eigenvalue weighted by atomic mass is 19.4. The van der Waals surface area contributed by atoms with Crippen LogP contribution in [0.5, 0.6) is 5.75 Å². The Morgan fingerprint density at radius 2 is 1.59 bits per heavy atom. The number of hydrogen-bond acceptors (Lipinski definition) is 6. The molecule has 2 aromatic heterocycles. The van der Waals surface area contributed by atoms with Crippen LogP contribution in [0, 0.1) is 25.5 Å². The van der Waals surface area contributed by atoms with Gasteiger partial charge in [0, 0.05) is 18.3 Å². The van der Waals surface area contributed by atoms with Gasteiger partial charge in [-0.3, -0.25) is 9.20 Å². The van der Waals surface area contributed by atoms with Crippen LogP contribution in [0.2, 0.25) is 0 Å². The molecule has 3 N–H and O–H groups in total. The van der Waals surface area contributed by atoms with E-state index in [1.807, 2.05) is 20.8 Å². The largest absolute Gasteiger partial charge is 0.490 e. The summed E-state index contributed by atoms with van der Waals surface area (Å²) in [7, 11) is 0. The van der Waals surface area contributed by atoms with Crippen molar-refractivity contribution in [3.8, 4) is 5.75 Å². The minimum atomic E-state index is -5.08. The Bertz CT molecular complexity index is 1490. The van der Waals surface area contributed by atoms with Gasteiger partial charge < -0.3 is 25.2 Å². The number of imidazole rings is 1. The van der Waals surface area contributed by atoms with Gasteiger partial charge >= 0.3 is 18.2 Å². The number of pyridine rings is 1. The summed E-state index contributed by atoms with van der Waals surface area (Å²) < 4.78 is 72.5. The lowest BCUT2D eigenvalue weighted by molar-refractivity contribution is -0.192. The number of nitrogens with zero attached hydrogens (tertiary/aromatic N) is 2. The number of aliphatic carboxylic acids is 1. The number of carbonyl (C=O) groups is 3. The molecule has 0 fully saturated rings. The highest BCUT2D eigenvalue weighted by Gasteiger charge is 2.38. The molecule has 3 aromatic rings. The zero-order valence-corrected chi connectivity index (χ0v) is 25.3. The van der Waals surface area contributed by atoms with Crippen LogP contribution in [0.3, 0.4) is 0 Å². The molecule has 0 spiro atoms. The molecule has 0 aliphatic heterocycles. The summed E-state index contributed by atoms with van der Waals surface area (Å²) in [5.41, 5.74) is 0.492. The van der Waals surface area contributed by atoms with Gasteiger partial charge in [-0.05, 0) is 78.6 Å². The second-order valence-electron chi connectivity index (χ2n) is 11.4. The van der Waals surface area contributed by atoms with Gasteiger partial charge in [0.05, 0.1) is 11.3 Å². The molecule has 242 valence electrons. The zero-order chi connectivity index (χ0) is 33.6. The molecular weight excluding hydrogens is 595 g/mol. The average Bonchev–Trinajstić information content (AvgIpc) is 3.17. The normalized spacial score (nSPS) is 11.8. The minimum absolute atomic E-state index is 0.189. The summed E-state index contributed by atoms with van der Waals surface area (Å²) in [6.45, 7) is 12.5. The second kappa shape index (κ2) is 13.9. The van der Waals surface area contributed by atoms with Crippen molar-refractivity contribution in [1.29, 1.82) is 0 Å². The van der Waals surface area contributed by atoms with Gasteiger partial charge in [0.1, 0.15) is 29.5 Å². The van der Waals surface area contributed by atoms with Crippen molar-refractivity contribution >= 4 is 23.6 Å². The summed E-state index contributed by atoms with van der Waals surface area (Å²) in [5.74, 6) is -4.21. The molecule has 1 aromatic carbocycles. The predicted molar refractivity (Wildman–Crippen MR) is 149 cm³/mol. The summed E-state index contributed by atoms with van der Waals surface area (Å²) >= 11 is 0. The fraction of sp³-hybridized carbons (Fsp3) is 0.448.